The highest BCUT2D eigenvalue weighted by molar-refractivity contribution is 9.10. The van der Waals surface area contributed by atoms with Crippen molar-refractivity contribution >= 4 is 22.0 Å². The van der Waals surface area contributed by atoms with Crippen LogP contribution in [0.2, 0.25) is 0 Å². The summed E-state index contributed by atoms with van der Waals surface area (Å²) in [6, 6.07) is 1.65. The smallest absolute Gasteiger partial charge is 0.197 e. The molecule has 3 nitrogen and oxygen atoms in total. The molecule has 0 aliphatic carbocycles. The molecular weight excluding hydrogens is 277 g/mol. The van der Waals surface area contributed by atoms with Crippen molar-refractivity contribution in [1.82, 2.24) is 0 Å². The molecule has 0 radical (unpaired) electrons. The summed E-state index contributed by atoms with van der Waals surface area (Å²) < 4.78 is 24.5. The van der Waals surface area contributed by atoms with E-state index in [1.807, 2.05) is 0 Å². The van der Waals surface area contributed by atoms with Gasteiger partial charge in [-0.2, -0.15) is 0 Å². The standard InChI is InChI=1S/C11H13BrFNO2/c1-15-9-6-8(12)7(4-3-5-14)10(13)11(9)16-2/h3-4,6H,5,14H2,1-2H3/b4-3+. The van der Waals surface area contributed by atoms with Gasteiger partial charge in [0, 0.05) is 16.6 Å². The Bertz CT molecular complexity index is 407. The van der Waals surface area contributed by atoms with Gasteiger partial charge in [0.2, 0.25) is 0 Å². The number of hydrogen-bond acceptors (Lipinski definition) is 3. The Morgan fingerprint density at radius 2 is 2.12 bits per heavy atom. The normalized spacial score (nSPS) is 10.8. The third-order valence-corrected chi connectivity index (χ3v) is 2.68. The van der Waals surface area contributed by atoms with Crippen LogP contribution in [0.25, 0.3) is 6.08 Å². The predicted octanol–water partition coefficient (Wildman–Crippen LogP) is 2.58. The van der Waals surface area contributed by atoms with Gasteiger partial charge in [-0.3, -0.25) is 0 Å². The lowest BCUT2D eigenvalue weighted by Crippen LogP contribution is -1.98. The number of benzene rings is 1. The largest absolute Gasteiger partial charge is 0.493 e. The van der Waals surface area contributed by atoms with Gasteiger partial charge in [-0.1, -0.05) is 12.2 Å². The number of rotatable bonds is 4. The maximum atomic E-state index is 14.0. The van der Waals surface area contributed by atoms with E-state index in [1.165, 1.54) is 14.2 Å². The van der Waals surface area contributed by atoms with E-state index in [0.717, 1.165) is 0 Å². The molecule has 0 heterocycles. The lowest BCUT2D eigenvalue weighted by molar-refractivity contribution is 0.337. The van der Waals surface area contributed by atoms with Crippen molar-refractivity contribution in [1.29, 1.82) is 0 Å². The lowest BCUT2D eigenvalue weighted by atomic mass is 10.1. The molecule has 0 amide bonds. The number of hydrogen-bond donors (Lipinski definition) is 1. The van der Waals surface area contributed by atoms with Crippen LogP contribution >= 0.6 is 15.9 Å². The van der Waals surface area contributed by atoms with Crippen LogP contribution in [0.5, 0.6) is 11.5 Å². The number of nitrogens with two attached hydrogens (primary N) is 1. The molecule has 0 unspecified atom stereocenters. The number of methoxy groups -OCH3 is 2. The van der Waals surface area contributed by atoms with Crippen molar-refractivity contribution in [2.75, 3.05) is 20.8 Å². The molecule has 0 aliphatic rings. The van der Waals surface area contributed by atoms with Crippen molar-refractivity contribution in [3.63, 3.8) is 0 Å². The second kappa shape index (κ2) is 5.86. The highest BCUT2D eigenvalue weighted by Gasteiger charge is 2.16. The highest BCUT2D eigenvalue weighted by atomic mass is 79.9. The van der Waals surface area contributed by atoms with Crippen molar-refractivity contribution < 1.29 is 13.9 Å². The fraction of sp³-hybridized carbons (Fsp3) is 0.273. The summed E-state index contributed by atoms with van der Waals surface area (Å²) in [5.41, 5.74) is 5.71. The van der Waals surface area contributed by atoms with Gasteiger partial charge in [0.15, 0.2) is 17.3 Å². The third kappa shape index (κ3) is 2.54. The topological polar surface area (TPSA) is 44.5 Å². The summed E-state index contributed by atoms with van der Waals surface area (Å²) in [6.45, 7) is 0.347. The molecule has 16 heavy (non-hydrogen) atoms. The minimum atomic E-state index is -0.474. The molecule has 2 N–H and O–H groups in total. The zero-order valence-corrected chi connectivity index (χ0v) is 10.7. The van der Waals surface area contributed by atoms with Gasteiger partial charge in [-0.25, -0.2) is 4.39 Å². The van der Waals surface area contributed by atoms with Gasteiger partial charge in [0.05, 0.1) is 14.2 Å². The quantitative estimate of drug-likeness (QED) is 0.927. The summed E-state index contributed by atoms with van der Waals surface area (Å²) in [7, 11) is 2.85. The Balaban J connectivity index is 3.34. The first-order valence-corrected chi connectivity index (χ1v) is 5.41. The van der Waals surface area contributed by atoms with Gasteiger partial charge in [0.1, 0.15) is 0 Å². The summed E-state index contributed by atoms with van der Waals surface area (Å²) in [5.74, 6) is -0.0439. The van der Waals surface area contributed by atoms with Crippen LogP contribution in [0.15, 0.2) is 16.6 Å². The molecule has 88 valence electrons. The molecule has 1 aromatic carbocycles. The molecule has 0 atom stereocenters. The maximum Gasteiger partial charge on any atom is 0.197 e. The van der Waals surface area contributed by atoms with E-state index in [9.17, 15) is 4.39 Å². The minimum absolute atomic E-state index is 0.0855. The molecule has 1 rings (SSSR count). The SMILES string of the molecule is COc1cc(Br)c(/C=C/CN)c(F)c1OC. The minimum Gasteiger partial charge on any atom is -0.493 e. The van der Waals surface area contributed by atoms with Crippen molar-refractivity contribution in [2.45, 2.75) is 0 Å². The van der Waals surface area contributed by atoms with Gasteiger partial charge in [-0.15, -0.1) is 0 Å². The lowest BCUT2D eigenvalue weighted by Gasteiger charge is -2.11. The third-order valence-electron chi connectivity index (χ3n) is 2.02. The molecule has 0 aromatic heterocycles. The first-order chi connectivity index (χ1) is 7.65. The monoisotopic (exact) mass is 289 g/mol. The van der Waals surface area contributed by atoms with E-state index in [2.05, 4.69) is 15.9 Å². The average Bonchev–Trinajstić information content (AvgIpc) is 2.28. The molecule has 0 fully saturated rings. The maximum absolute atomic E-state index is 14.0. The Kier molecular flexibility index (Phi) is 4.76. The van der Waals surface area contributed by atoms with E-state index < -0.39 is 5.82 Å². The summed E-state index contributed by atoms with van der Waals surface area (Å²) >= 11 is 3.26. The van der Waals surface area contributed by atoms with Crippen molar-refractivity contribution in [3.8, 4) is 11.5 Å². The van der Waals surface area contributed by atoms with Crippen LogP contribution < -0.4 is 15.2 Å². The first kappa shape index (κ1) is 13.0. The molecule has 0 aliphatic heterocycles. The molecule has 0 saturated carbocycles. The van der Waals surface area contributed by atoms with Gasteiger partial charge in [0.25, 0.3) is 0 Å². The Labute approximate surface area is 102 Å². The summed E-state index contributed by atoms with van der Waals surface area (Å²) in [6.07, 6.45) is 3.26. The Morgan fingerprint density at radius 3 is 2.62 bits per heavy atom. The molecule has 0 bridgehead atoms. The molecule has 0 spiro atoms. The van der Waals surface area contributed by atoms with E-state index in [4.69, 9.17) is 15.2 Å². The van der Waals surface area contributed by atoms with Gasteiger partial charge >= 0.3 is 0 Å². The second-order valence-electron chi connectivity index (χ2n) is 2.96. The molecule has 0 saturated heterocycles. The van der Waals surface area contributed by atoms with Crippen LogP contribution in [-0.4, -0.2) is 20.8 Å². The molecule has 1 aromatic rings. The van der Waals surface area contributed by atoms with Gasteiger partial charge in [-0.05, 0) is 22.0 Å². The van der Waals surface area contributed by atoms with E-state index in [1.54, 1.807) is 18.2 Å². The zero-order valence-electron chi connectivity index (χ0n) is 9.09. The van der Waals surface area contributed by atoms with Crippen LogP contribution in [0.3, 0.4) is 0 Å². The van der Waals surface area contributed by atoms with E-state index in [-0.39, 0.29) is 5.75 Å². The van der Waals surface area contributed by atoms with E-state index in [0.29, 0.717) is 22.3 Å². The summed E-state index contributed by atoms with van der Waals surface area (Å²) in [4.78, 5) is 0. The van der Waals surface area contributed by atoms with Crippen molar-refractivity contribution in [2.24, 2.45) is 5.73 Å². The van der Waals surface area contributed by atoms with Crippen LogP contribution in [0.4, 0.5) is 4.39 Å². The molecule has 5 heteroatoms. The highest BCUT2D eigenvalue weighted by Crippen LogP contribution is 2.37. The summed E-state index contributed by atoms with van der Waals surface area (Å²) in [5, 5.41) is 0. The van der Waals surface area contributed by atoms with Crippen LogP contribution in [0, 0.1) is 5.82 Å². The van der Waals surface area contributed by atoms with E-state index >= 15 is 0 Å². The number of halogens is 2. The van der Waals surface area contributed by atoms with Crippen molar-refractivity contribution in [3.05, 3.63) is 28.0 Å². The molecular formula is C11H13BrFNO2. The fourth-order valence-corrected chi connectivity index (χ4v) is 1.79. The Morgan fingerprint density at radius 1 is 1.44 bits per heavy atom. The number of ether oxygens (including phenoxy) is 2. The fourth-order valence-electron chi connectivity index (χ4n) is 1.27. The first-order valence-electron chi connectivity index (χ1n) is 4.62. The van der Waals surface area contributed by atoms with Crippen LogP contribution in [-0.2, 0) is 0 Å². The average molecular weight is 290 g/mol. The van der Waals surface area contributed by atoms with Crippen LogP contribution in [0.1, 0.15) is 5.56 Å². The predicted molar refractivity (Wildman–Crippen MR) is 65.3 cm³/mol. The zero-order chi connectivity index (χ0) is 12.1. The Hall–Kier alpha value is -1.07. The second-order valence-corrected chi connectivity index (χ2v) is 3.81. The van der Waals surface area contributed by atoms with Gasteiger partial charge < -0.3 is 15.2 Å².